The van der Waals surface area contributed by atoms with E-state index in [4.69, 9.17) is 0 Å². The minimum atomic E-state index is -1.89. The summed E-state index contributed by atoms with van der Waals surface area (Å²) in [4.78, 5) is 12.4. The highest BCUT2D eigenvalue weighted by Crippen LogP contribution is 2.37. The van der Waals surface area contributed by atoms with E-state index in [0.29, 0.717) is 5.41 Å². The maximum atomic E-state index is 12.4. The van der Waals surface area contributed by atoms with Crippen molar-refractivity contribution in [1.29, 1.82) is 0 Å². The molecule has 15 heavy (non-hydrogen) atoms. The van der Waals surface area contributed by atoms with Gasteiger partial charge in [0, 0.05) is 5.56 Å². The third-order valence-corrected chi connectivity index (χ3v) is 8.65. The summed E-state index contributed by atoms with van der Waals surface area (Å²) in [5.74, 6) is 0. The van der Waals surface area contributed by atoms with Crippen molar-refractivity contribution in [3.05, 3.63) is 35.9 Å². The summed E-state index contributed by atoms with van der Waals surface area (Å²) in [5.41, 5.74) is 0.865. The molecule has 1 aromatic carbocycles. The topological polar surface area (TPSA) is 17.1 Å². The third-order valence-electron chi connectivity index (χ3n) is 3.48. The molecule has 0 atom stereocenters. The van der Waals surface area contributed by atoms with Gasteiger partial charge in [-0.1, -0.05) is 64.2 Å². The summed E-state index contributed by atoms with van der Waals surface area (Å²) in [5, 5.41) is 0.468. The van der Waals surface area contributed by atoms with Gasteiger partial charge in [-0.3, -0.25) is 0 Å². The van der Waals surface area contributed by atoms with Gasteiger partial charge < -0.3 is 4.79 Å². The van der Waals surface area contributed by atoms with Gasteiger partial charge in [0.15, 0.2) is 0 Å². The Morgan fingerprint density at radius 1 is 1.07 bits per heavy atom. The van der Waals surface area contributed by atoms with Crippen molar-refractivity contribution in [3.63, 3.8) is 0 Å². The summed E-state index contributed by atoms with van der Waals surface area (Å²) >= 11 is 0. The predicted octanol–water partition coefficient (Wildman–Crippen LogP) is 3.92. The van der Waals surface area contributed by atoms with E-state index < -0.39 is 8.07 Å². The highest BCUT2D eigenvalue weighted by molar-refractivity contribution is 7.08. The maximum absolute atomic E-state index is 12.4. The molecule has 0 amide bonds. The molecule has 0 aliphatic carbocycles. The molecule has 0 N–H and O–H groups in total. The van der Waals surface area contributed by atoms with E-state index in [2.05, 4.69) is 33.9 Å². The van der Waals surface area contributed by atoms with Gasteiger partial charge in [-0.05, 0) is 5.04 Å². The first-order valence-corrected chi connectivity index (χ1v) is 8.36. The lowest BCUT2D eigenvalue weighted by molar-refractivity contribution is 0.106. The number of carbonyl (C=O) groups is 1. The minimum Gasteiger partial charge on any atom is -0.300 e. The lowest BCUT2D eigenvalue weighted by Crippen LogP contribution is -2.46. The molecule has 0 aromatic heterocycles. The Bertz CT molecular complexity index is 347. The van der Waals surface area contributed by atoms with Gasteiger partial charge in [0.1, 0.15) is 13.5 Å². The van der Waals surface area contributed by atoms with Crippen LogP contribution in [0.25, 0.3) is 0 Å². The van der Waals surface area contributed by atoms with Gasteiger partial charge in [0.25, 0.3) is 0 Å². The van der Waals surface area contributed by atoms with Gasteiger partial charge in [0.2, 0.25) is 0 Å². The van der Waals surface area contributed by atoms with E-state index in [1.54, 1.807) is 0 Å². The van der Waals surface area contributed by atoms with Crippen molar-refractivity contribution < 1.29 is 4.79 Å². The third kappa shape index (κ3) is 2.37. The van der Waals surface area contributed by atoms with Crippen molar-refractivity contribution >= 4 is 13.5 Å². The Balaban J connectivity index is 3.06. The van der Waals surface area contributed by atoms with Crippen LogP contribution in [0.15, 0.2) is 30.3 Å². The molecule has 82 valence electrons. The normalized spacial score (nSPS) is 12.6. The lowest BCUT2D eigenvalue weighted by atomic mass is 10.2. The summed E-state index contributed by atoms with van der Waals surface area (Å²) in [6.45, 7) is 10.8. The summed E-state index contributed by atoms with van der Waals surface area (Å²) in [6.07, 6.45) is 0. The Kier molecular flexibility index (Phi) is 3.19. The van der Waals surface area contributed by atoms with Crippen LogP contribution in [0, 0.1) is 0 Å². The van der Waals surface area contributed by atoms with Crippen LogP contribution in [0.2, 0.25) is 18.1 Å². The van der Waals surface area contributed by atoms with Crippen LogP contribution in [-0.2, 0) is 0 Å². The Labute approximate surface area is 93.5 Å². The molecular formula is C13H20OSi. The number of hydrogen-bond acceptors (Lipinski definition) is 1. The van der Waals surface area contributed by atoms with Gasteiger partial charge in [-0.25, -0.2) is 0 Å². The molecular weight excluding hydrogens is 200 g/mol. The summed E-state index contributed by atoms with van der Waals surface area (Å²) < 4.78 is 0. The number of carbonyl (C=O) groups excluding carboxylic acids is 1. The van der Waals surface area contributed by atoms with E-state index in [9.17, 15) is 4.79 Å². The second-order valence-corrected chi connectivity index (χ2v) is 10.8. The summed E-state index contributed by atoms with van der Waals surface area (Å²) in [6, 6.07) is 9.65. The second kappa shape index (κ2) is 3.93. The minimum absolute atomic E-state index is 0.111. The zero-order chi connectivity index (χ0) is 11.7. The molecule has 0 unspecified atom stereocenters. The Morgan fingerprint density at radius 3 is 1.93 bits per heavy atom. The number of hydrogen-bond donors (Lipinski definition) is 0. The second-order valence-electron chi connectivity index (χ2n) is 5.57. The van der Waals surface area contributed by atoms with Crippen LogP contribution in [0.4, 0.5) is 0 Å². The molecule has 0 fully saturated rings. The van der Waals surface area contributed by atoms with Gasteiger partial charge in [0.05, 0.1) is 0 Å². The molecule has 0 spiro atoms. The standard InChI is InChI=1S/C13H20OSi/c1-13(2,3)15(4,5)12(14)11-9-7-6-8-10-11/h6-10H,1-5H3. The van der Waals surface area contributed by atoms with Gasteiger partial charge in [-0.15, -0.1) is 0 Å². The zero-order valence-corrected chi connectivity index (χ0v) is 11.3. The Morgan fingerprint density at radius 2 is 1.53 bits per heavy atom. The van der Waals surface area contributed by atoms with Gasteiger partial charge in [-0.2, -0.15) is 0 Å². The SMILES string of the molecule is CC(C)(C)[Si](C)(C)C(=O)c1ccccc1. The fraction of sp³-hybridized carbons (Fsp3) is 0.462. The molecule has 2 heteroatoms. The molecule has 1 aromatic rings. The smallest absolute Gasteiger partial charge is 0.140 e. The quantitative estimate of drug-likeness (QED) is 0.690. The van der Waals surface area contributed by atoms with Crippen molar-refractivity contribution in [2.24, 2.45) is 0 Å². The van der Waals surface area contributed by atoms with Crippen LogP contribution in [0.5, 0.6) is 0 Å². The monoisotopic (exact) mass is 220 g/mol. The average molecular weight is 220 g/mol. The van der Waals surface area contributed by atoms with Crippen LogP contribution < -0.4 is 0 Å². The first-order chi connectivity index (χ1) is 6.77. The fourth-order valence-electron chi connectivity index (χ4n) is 1.29. The van der Waals surface area contributed by atoms with Crippen LogP contribution in [0.1, 0.15) is 31.1 Å². The van der Waals surface area contributed by atoms with E-state index in [0.717, 1.165) is 5.56 Å². The molecule has 0 radical (unpaired) electrons. The van der Waals surface area contributed by atoms with Crippen molar-refractivity contribution in [3.8, 4) is 0 Å². The van der Waals surface area contributed by atoms with Crippen molar-refractivity contribution in [2.75, 3.05) is 0 Å². The molecule has 1 nitrogen and oxygen atoms in total. The van der Waals surface area contributed by atoms with Crippen molar-refractivity contribution in [1.82, 2.24) is 0 Å². The fourth-order valence-corrected chi connectivity index (χ4v) is 2.86. The lowest BCUT2D eigenvalue weighted by Gasteiger charge is -2.35. The highest BCUT2D eigenvalue weighted by atomic mass is 28.3. The average Bonchev–Trinajstić information content (AvgIpc) is 2.16. The molecule has 0 aliphatic rings. The molecule has 0 saturated carbocycles. The van der Waals surface area contributed by atoms with E-state index >= 15 is 0 Å². The molecule has 0 aliphatic heterocycles. The highest BCUT2D eigenvalue weighted by Gasteiger charge is 2.42. The van der Waals surface area contributed by atoms with Crippen LogP contribution in [0.3, 0.4) is 0 Å². The van der Waals surface area contributed by atoms with E-state index in [1.807, 2.05) is 30.3 Å². The molecule has 0 bridgehead atoms. The number of benzene rings is 1. The maximum Gasteiger partial charge on any atom is 0.140 e. The first-order valence-electron chi connectivity index (χ1n) is 5.36. The molecule has 0 heterocycles. The zero-order valence-electron chi connectivity index (χ0n) is 10.3. The molecule has 0 saturated heterocycles. The largest absolute Gasteiger partial charge is 0.300 e. The van der Waals surface area contributed by atoms with Crippen LogP contribution >= 0.6 is 0 Å². The summed E-state index contributed by atoms with van der Waals surface area (Å²) in [7, 11) is -1.89. The first kappa shape index (κ1) is 12.2. The molecule has 1 rings (SSSR count). The van der Waals surface area contributed by atoms with E-state index in [1.165, 1.54) is 0 Å². The van der Waals surface area contributed by atoms with E-state index in [-0.39, 0.29) is 5.04 Å². The van der Waals surface area contributed by atoms with Gasteiger partial charge >= 0.3 is 0 Å². The Hall–Kier alpha value is -0.893. The van der Waals surface area contributed by atoms with Crippen molar-refractivity contribution in [2.45, 2.75) is 38.9 Å². The predicted molar refractivity (Wildman–Crippen MR) is 68.0 cm³/mol. The van der Waals surface area contributed by atoms with Crippen LogP contribution in [-0.4, -0.2) is 13.5 Å². The number of rotatable bonds is 2.